The average Bonchev–Trinajstić information content (AvgIpc) is 3.26. The van der Waals surface area contributed by atoms with Crippen molar-refractivity contribution in [2.24, 2.45) is 0 Å². The van der Waals surface area contributed by atoms with E-state index in [4.69, 9.17) is 27.9 Å². The Morgan fingerprint density at radius 1 is 1.03 bits per heavy atom. The van der Waals surface area contributed by atoms with Crippen LogP contribution in [0, 0.1) is 13.8 Å². The van der Waals surface area contributed by atoms with Crippen molar-refractivity contribution >= 4 is 41.2 Å². The van der Waals surface area contributed by atoms with Gasteiger partial charge in [-0.05, 0) is 69.2 Å². The van der Waals surface area contributed by atoms with Gasteiger partial charge in [0.25, 0.3) is 5.91 Å². The predicted molar refractivity (Wildman–Crippen MR) is 140 cm³/mol. The number of hydrogen-bond donors (Lipinski definition) is 0. The molecule has 0 aliphatic carbocycles. The lowest BCUT2D eigenvalue weighted by Gasteiger charge is -2.26. The lowest BCUT2D eigenvalue weighted by Crippen LogP contribution is -2.28. The molecule has 1 aliphatic rings. The third-order valence-electron chi connectivity index (χ3n) is 6.42. The van der Waals surface area contributed by atoms with E-state index >= 15 is 0 Å². The third-order valence-corrected chi connectivity index (χ3v) is 6.97. The average molecular weight is 509 g/mol. The van der Waals surface area contributed by atoms with Gasteiger partial charge in [0.2, 0.25) is 0 Å². The van der Waals surface area contributed by atoms with Crippen LogP contribution in [0.25, 0.3) is 11.8 Å². The molecule has 0 N–H and O–H groups in total. The molecule has 0 radical (unpaired) electrons. The number of nitrogens with zero attached hydrogens (tertiary/aromatic N) is 2. The van der Waals surface area contributed by atoms with Gasteiger partial charge < -0.3 is 14.2 Å². The number of allylic oxidation sites excluding steroid dienone is 1. The van der Waals surface area contributed by atoms with Crippen LogP contribution in [0.5, 0.6) is 0 Å². The van der Waals surface area contributed by atoms with Crippen molar-refractivity contribution in [3.8, 4) is 5.69 Å². The van der Waals surface area contributed by atoms with Gasteiger partial charge in [-0.25, -0.2) is 4.79 Å². The number of rotatable bonds is 5. The SMILES string of the molecule is COC(=O)C1=C(C)N([C@H](C)c2ccccc2)C(=O)/C1=C\c1cc(C)n(-c2cc(Cl)ccc2Cl)c1C. The molecule has 1 amide bonds. The summed E-state index contributed by atoms with van der Waals surface area (Å²) in [5.41, 5.74) is 5.43. The highest BCUT2D eigenvalue weighted by Crippen LogP contribution is 2.38. The van der Waals surface area contributed by atoms with Gasteiger partial charge in [0, 0.05) is 22.1 Å². The summed E-state index contributed by atoms with van der Waals surface area (Å²) in [6.45, 7) is 7.62. The predicted octanol–water partition coefficient (Wildman–Crippen LogP) is 6.83. The van der Waals surface area contributed by atoms with Crippen molar-refractivity contribution in [3.63, 3.8) is 0 Å². The van der Waals surface area contributed by atoms with Crippen molar-refractivity contribution in [2.45, 2.75) is 33.7 Å². The van der Waals surface area contributed by atoms with Crippen molar-refractivity contribution < 1.29 is 14.3 Å². The molecule has 180 valence electrons. The Hall–Kier alpha value is -3.28. The highest BCUT2D eigenvalue weighted by molar-refractivity contribution is 6.34. The molecule has 2 heterocycles. The van der Waals surface area contributed by atoms with Crippen LogP contribution in [0.3, 0.4) is 0 Å². The monoisotopic (exact) mass is 508 g/mol. The lowest BCUT2D eigenvalue weighted by atomic mass is 10.0. The Morgan fingerprint density at radius 2 is 1.71 bits per heavy atom. The quantitative estimate of drug-likeness (QED) is 0.280. The molecule has 0 bridgehead atoms. The number of esters is 1. The summed E-state index contributed by atoms with van der Waals surface area (Å²) in [6, 6.07) is 16.7. The molecule has 4 rings (SSSR count). The summed E-state index contributed by atoms with van der Waals surface area (Å²) in [4.78, 5) is 28.2. The maximum Gasteiger partial charge on any atom is 0.340 e. The second-order valence-corrected chi connectivity index (χ2v) is 9.37. The molecule has 1 aromatic heterocycles. The summed E-state index contributed by atoms with van der Waals surface area (Å²) in [5, 5.41) is 1.13. The zero-order valence-corrected chi connectivity index (χ0v) is 21.7. The normalized spacial score (nSPS) is 15.8. The second kappa shape index (κ2) is 9.76. The molecule has 0 saturated heterocycles. The van der Waals surface area contributed by atoms with Crippen molar-refractivity contribution in [3.05, 3.63) is 104 Å². The first-order valence-electron chi connectivity index (χ1n) is 11.2. The summed E-state index contributed by atoms with van der Waals surface area (Å²) in [5.74, 6) is -0.790. The number of carbonyl (C=O) groups is 2. The number of ether oxygens (including phenoxy) is 1. The smallest absolute Gasteiger partial charge is 0.340 e. The van der Waals surface area contributed by atoms with Crippen LogP contribution >= 0.6 is 23.2 Å². The third kappa shape index (κ3) is 4.42. The fraction of sp³-hybridized carbons (Fsp3) is 0.214. The highest BCUT2D eigenvalue weighted by Gasteiger charge is 2.39. The first-order valence-corrected chi connectivity index (χ1v) is 12.0. The highest BCUT2D eigenvalue weighted by atomic mass is 35.5. The van der Waals surface area contributed by atoms with Gasteiger partial charge in [-0.3, -0.25) is 4.79 Å². The molecule has 35 heavy (non-hydrogen) atoms. The van der Waals surface area contributed by atoms with E-state index in [-0.39, 0.29) is 17.5 Å². The van der Waals surface area contributed by atoms with Gasteiger partial charge >= 0.3 is 5.97 Å². The van der Waals surface area contributed by atoms with Gasteiger partial charge in [0.05, 0.1) is 35.0 Å². The number of amides is 1. The second-order valence-electron chi connectivity index (χ2n) is 8.53. The number of aromatic nitrogens is 1. The largest absolute Gasteiger partial charge is 0.465 e. The topological polar surface area (TPSA) is 51.5 Å². The standard InChI is InChI=1S/C28H26Cl2N2O3/c1-16-13-21(18(3)31(16)25-15-22(29)11-12-24(25)30)14-23-26(28(34)35-5)19(4)32(27(23)33)17(2)20-9-7-6-8-10-20/h6-15,17H,1-5H3/b23-14-/t17-/m1/s1. The van der Waals surface area contributed by atoms with Crippen LogP contribution in [0.4, 0.5) is 0 Å². The lowest BCUT2D eigenvalue weighted by molar-refractivity contribution is -0.136. The molecule has 0 saturated carbocycles. The molecule has 5 nitrogen and oxygen atoms in total. The maximum absolute atomic E-state index is 13.7. The van der Waals surface area contributed by atoms with Gasteiger partial charge in [-0.1, -0.05) is 53.5 Å². The molecular formula is C28H26Cl2N2O3. The van der Waals surface area contributed by atoms with Gasteiger partial charge in [-0.2, -0.15) is 0 Å². The molecule has 2 aromatic carbocycles. The Bertz CT molecular complexity index is 1390. The number of benzene rings is 2. The van der Waals surface area contributed by atoms with Crippen molar-refractivity contribution in [2.75, 3.05) is 7.11 Å². The zero-order valence-electron chi connectivity index (χ0n) is 20.2. The van der Waals surface area contributed by atoms with Crippen LogP contribution in [0.2, 0.25) is 10.0 Å². The van der Waals surface area contributed by atoms with E-state index in [1.54, 1.807) is 36.1 Å². The Labute approximate surface area is 215 Å². The fourth-order valence-electron chi connectivity index (χ4n) is 4.66. The van der Waals surface area contributed by atoms with Crippen molar-refractivity contribution in [1.29, 1.82) is 0 Å². The first-order chi connectivity index (χ1) is 16.6. The summed E-state index contributed by atoms with van der Waals surface area (Å²) >= 11 is 12.7. The van der Waals surface area contributed by atoms with E-state index in [1.165, 1.54) is 7.11 Å². The Morgan fingerprint density at radius 3 is 2.37 bits per heavy atom. The van der Waals surface area contributed by atoms with Gasteiger partial charge in [0.15, 0.2) is 0 Å². The number of hydrogen-bond acceptors (Lipinski definition) is 3. The molecule has 0 spiro atoms. The summed E-state index contributed by atoms with van der Waals surface area (Å²) < 4.78 is 7.04. The molecule has 0 unspecified atom stereocenters. The molecule has 1 aliphatic heterocycles. The van der Waals surface area contributed by atoms with Crippen LogP contribution in [0.15, 0.2) is 71.4 Å². The molecule has 3 aromatic rings. The molecule has 7 heteroatoms. The number of carbonyl (C=O) groups excluding carboxylic acids is 2. The molecule has 1 atom stereocenters. The van der Waals surface area contributed by atoms with Crippen LogP contribution in [-0.4, -0.2) is 28.5 Å². The van der Waals surface area contributed by atoms with Gasteiger partial charge in [-0.15, -0.1) is 0 Å². The van der Waals surface area contributed by atoms with E-state index in [9.17, 15) is 9.59 Å². The Balaban J connectivity index is 1.84. The summed E-state index contributed by atoms with van der Waals surface area (Å²) in [6.07, 6.45) is 1.76. The number of halogens is 2. The van der Waals surface area contributed by atoms with Crippen LogP contribution in [0.1, 0.15) is 42.4 Å². The molecular weight excluding hydrogens is 483 g/mol. The van der Waals surface area contributed by atoms with Crippen LogP contribution in [-0.2, 0) is 14.3 Å². The zero-order chi connectivity index (χ0) is 25.4. The first kappa shape index (κ1) is 24.8. The van der Waals surface area contributed by atoms with E-state index < -0.39 is 5.97 Å². The van der Waals surface area contributed by atoms with E-state index in [0.29, 0.717) is 21.3 Å². The Kier molecular flexibility index (Phi) is 6.93. The van der Waals surface area contributed by atoms with E-state index in [0.717, 1.165) is 28.2 Å². The minimum atomic E-state index is -0.545. The summed E-state index contributed by atoms with van der Waals surface area (Å²) in [7, 11) is 1.32. The van der Waals surface area contributed by atoms with Crippen LogP contribution < -0.4 is 0 Å². The minimum absolute atomic E-state index is 0.246. The fourth-order valence-corrected chi connectivity index (χ4v) is 5.03. The molecule has 0 fully saturated rings. The maximum atomic E-state index is 13.7. The number of methoxy groups -OCH3 is 1. The van der Waals surface area contributed by atoms with E-state index in [2.05, 4.69) is 0 Å². The van der Waals surface area contributed by atoms with E-state index in [1.807, 2.05) is 61.7 Å². The minimum Gasteiger partial charge on any atom is -0.465 e. The van der Waals surface area contributed by atoms with Gasteiger partial charge in [0.1, 0.15) is 0 Å². The number of aryl methyl sites for hydroxylation is 1. The van der Waals surface area contributed by atoms with Crippen molar-refractivity contribution in [1.82, 2.24) is 9.47 Å².